The van der Waals surface area contributed by atoms with Crippen LogP contribution in [0.5, 0.6) is 0 Å². The molecule has 0 aliphatic heterocycles. The summed E-state index contributed by atoms with van der Waals surface area (Å²) in [5.74, 6) is -1.34. The van der Waals surface area contributed by atoms with Crippen molar-refractivity contribution in [2.75, 3.05) is 0 Å². The van der Waals surface area contributed by atoms with Gasteiger partial charge in [0.25, 0.3) is 0 Å². The Hall–Kier alpha value is -0.920. The van der Waals surface area contributed by atoms with Crippen LogP contribution in [0.15, 0.2) is 29.2 Å². The first-order chi connectivity index (χ1) is 6.82. The van der Waals surface area contributed by atoms with Crippen molar-refractivity contribution in [3.63, 3.8) is 0 Å². The highest BCUT2D eigenvalue weighted by molar-refractivity contribution is 9.09. The van der Waals surface area contributed by atoms with Crippen LogP contribution in [0, 0.1) is 0 Å². The largest absolute Gasteiger partial charge is 0.744 e. The Bertz CT molecular complexity index is 464. The van der Waals surface area contributed by atoms with Gasteiger partial charge in [-0.2, -0.15) is 0 Å². The van der Waals surface area contributed by atoms with Gasteiger partial charge in [0.2, 0.25) is 0 Å². The van der Waals surface area contributed by atoms with E-state index in [0.29, 0.717) is 5.56 Å². The van der Waals surface area contributed by atoms with E-state index in [0.717, 1.165) is 12.1 Å². The van der Waals surface area contributed by atoms with Crippen molar-refractivity contribution in [1.29, 1.82) is 0 Å². The van der Waals surface area contributed by atoms with Gasteiger partial charge in [-0.05, 0) is 17.7 Å². The second-order valence-corrected chi connectivity index (χ2v) is 5.00. The third-order valence-electron chi connectivity index (χ3n) is 1.67. The van der Waals surface area contributed by atoms with Crippen molar-refractivity contribution in [3.8, 4) is 0 Å². The Balaban J connectivity index is 3.06. The first-order valence-corrected chi connectivity index (χ1v) is 6.05. The van der Waals surface area contributed by atoms with Crippen LogP contribution in [0.4, 0.5) is 0 Å². The molecule has 0 fully saturated rings. The number of halogens is 1. The van der Waals surface area contributed by atoms with Gasteiger partial charge in [-0.25, -0.2) is 8.42 Å². The average molecular weight is 293 g/mol. The molecule has 1 rings (SSSR count). The van der Waals surface area contributed by atoms with E-state index in [1.807, 2.05) is 0 Å². The second-order valence-electron chi connectivity index (χ2n) is 2.70. The summed E-state index contributed by atoms with van der Waals surface area (Å²) in [5, 5.41) is 10.4. The number of carbonyl (C=O) groups is 1. The van der Waals surface area contributed by atoms with Gasteiger partial charge >= 0.3 is 0 Å². The molecule has 0 radical (unpaired) electrons. The van der Waals surface area contributed by atoms with Gasteiger partial charge < -0.3 is 14.5 Å². The van der Waals surface area contributed by atoms with Crippen LogP contribution in [0.2, 0.25) is 0 Å². The van der Waals surface area contributed by atoms with E-state index in [-0.39, 0.29) is 0 Å². The van der Waals surface area contributed by atoms with Crippen LogP contribution in [0.25, 0.3) is 0 Å². The van der Waals surface area contributed by atoms with Crippen LogP contribution in [-0.2, 0) is 14.9 Å². The molecule has 0 bridgehead atoms. The molecule has 0 amide bonds. The average Bonchev–Trinajstić information content (AvgIpc) is 2.15. The predicted octanol–water partition coefficient (Wildman–Crippen LogP) is -0.223. The Morgan fingerprint density at radius 1 is 1.27 bits per heavy atom. The van der Waals surface area contributed by atoms with Crippen molar-refractivity contribution in [2.45, 2.75) is 9.72 Å². The normalized spacial score (nSPS) is 13.5. The summed E-state index contributed by atoms with van der Waals surface area (Å²) >= 11 is 2.84. The molecular weight excluding hydrogens is 288 g/mol. The molecule has 0 saturated heterocycles. The second kappa shape index (κ2) is 4.30. The third-order valence-corrected chi connectivity index (χ3v) is 3.42. The van der Waals surface area contributed by atoms with E-state index in [1.54, 1.807) is 0 Å². The van der Waals surface area contributed by atoms with Crippen molar-refractivity contribution >= 4 is 32.0 Å². The fourth-order valence-corrected chi connectivity index (χ4v) is 1.71. The molecule has 5 nitrogen and oxygen atoms in total. The standard InChI is InChI=1S/C8H7BrO5S/c9-7(8(10)11)5-1-3-6(4-2-5)15(12,13)14/h1-4,7H,(H,10,11)(H,12,13,14)/p-2. The molecule has 0 saturated carbocycles. The van der Waals surface area contributed by atoms with Crippen molar-refractivity contribution in [3.05, 3.63) is 29.8 Å². The summed E-state index contributed by atoms with van der Waals surface area (Å²) in [7, 11) is -4.49. The van der Waals surface area contributed by atoms with Gasteiger partial charge in [-0.15, -0.1) is 0 Å². The van der Waals surface area contributed by atoms with Crippen LogP contribution in [-0.4, -0.2) is 18.9 Å². The van der Waals surface area contributed by atoms with Crippen LogP contribution in [0.1, 0.15) is 10.4 Å². The third kappa shape index (κ3) is 3.01. The number of carbonyl (C=O) groups excluding carboxylic acids is 1. The van der Waals surface area contributed by atoms with Crippen LogP contribution < -0.4 is 5.11 Å². The topological polar surface area (TPSA) is 97.3 Å². The van der Waals surface area contributed by atoms with Crippen LogP contribution >= 0.6 is 15.9 Å². The van der Waals surface area contributed by atoms with Gasteiger partial charge in [0.1, 0.15) is 10.1 Å². The fourth-order valence-electron chi connectivity index (χ4n) is 0.940. The van der Waals surface area contributed by atoms with E-state index in [2.05, 4.69) is 15.9 Å². The lowest BCUT2D eigenvalue weighted by Crippen LogP contribution is -2.26. The molecule has 0 aromatic heterocycles. The molecule has 0 aliphatic rings. The van der Waals surface area contributed by atoms with Crippen molar-refractivity contribution in [1.82, 2.24) is 0 Å². The molecule has 1 unspecified atom stereocenters. The first kappa shape index (κ1) is 12.2. The van der Waals surface area contributed by atoms with E-state index in [4.69, 9.17) is 0 Å². The minimum absolute atomic E-state index is 0.308. The van der Waals surface area contributed by atoms with Crippen LogP contribution in [0.3, 0.4) is 0 Å². The predicted molar refractivity (Wildman–Crippen MR) is 51.1 cm³/mol. The Kier molecular flexibility index (Phi) is 3.48. The summed E-state index contributed by atoms with van der Waals surface area (Å²) in [6, 6.07) is 4.57. The lowest BCUT2D eigenvalue weighted by molar-refractivity contribution is -0.304. The number of hydrogen-bond donors (Lipinski definition) is 0. The monoisotopic (exact) mass is 292 g/mol. The lowest BCUT2D eigenvalue weighted by Gasteiger charge is -2.12. The zero-order valence-corrected chi connectivity index (χ0v) is 9.62. The Labute approximate surface area is 94.6 Å². The summed E-state index contributed by atoms with van der Waals surface area (Å²) in [5.41, 5.74) is 0.308. The molecule has 15 heavy (non-hydrogen) atoms. The van der Waals surface area contributed by atoms with E-state index < -0.39 is 25.8 Å². The lowest BCUT2D eigenvalue weighted by atomic mass is 10.1. The van der Waals surface area contributed by atoms with E-state index >= 15 is 0 Å². The van der Waals surface area contributed by atoms with Crippen molar-refractivity contribution in [2.24, 2.45) is 0 Å². The van der Waals surface area contributed by atoms with Gasteiger partial charge in [-0.1, -0.05) is 28.1 Å². The maximum Gasteiger partial charge on any atom is 0.124 e. The number of hydrogen-bond acceptors (Lipinski definition) is 5. The highest BCUT2D eigenvalue weighted by Crippen LogP contribution is 2.23. The summed E-state index contributed by atoms with van der Waals surface area (Å²) < 4.78 is 31.7. The first-order valence-electron chi connectivity index (χ1n) is 3.73. The zero-order valence-electron chi connectivity index (χ0n) is 7.21. The van der Waals surface area contributed by atoms with Gasteiger partial charge in [-0.3, -0.25) is 0 Å². The number of aliphatic carboxylic acids is 1. The quantitative estimate of drug-likeness (QED) is 0.566. The number of carboxylic acids is 1. The molecule has 82 valence electrons. The highest BCUT2D eigenvalue weighted by atomic mass is 79.9. The minimum Gasteiger partial charge on any atom is -0.744 e. The maximum absolute atomic E-state index is 10.6. The number of alkyl halides is 1. The summed E-state index contributed by atoms with van der Waals surface area (Å²) in [6.45, 7) is 0. The SMILES string of the molecule is O=C([O-])C(Br)c1ccc(S(=O)(=O)[O-])cc1. The zero-order chi connectivity index (χ0) is 11.6. The summed E-state index contributed by atoms with van der Waals surface area (Å²) in [6.07, 6.45) is 0. The summed E-state index contributed by atoms with van der Waals surface area (Å²) in [4.78, 5) is 9.02. The molecule has 0 spiro atoms. The molecule has 0 heterocycles. The Morgan fingerprint density at radius 3 is 2.07 bits per heavy atom. The number of rotatable bonds is 3. The van der Waals surface area contributed by atoms with E-state index in [1.165, 1.54) is 12.1 Å². The smallest absolute Gasteiger partial charge is 0.124 e. The van der Waals surface area contributed by atoms with Crippen molar-refractivity contribution < 1.29 is 22.9 Å². The minimum atomic E-state index is -4.49. The number of benzene rings is 1. The van der Waals surface area contributed by atoms with Gasteiger partial charge in [0, 0.05) is 0 Å². The molecule has 0 N–H and O–H groups in total. The van der Waals surface area contributed by atoms with Gasteiger partial charge in [0.15, 0.2) is 0 Å². The Morgan fingerprint density at radius 2 is 1.73 bits per heavy atom. The fraction of sp³-hybridized carbons (Fsp3) is 0.125. The molecule has 7 heteroatoms. The molecule has 1 atom stereocenters. The number of carboxylic acid groups (broad SMARTS) is 1. The molecule has 1 aromatic rings. The van der Waals surface area contributed by atoms with E-state index in [9.17, 15) is 22.9 Å². The molecular formula is C8H5BrO5S-2. The molecule has 1 aromatic carbocycles. The van der Waals surface area contributed by atoms with Gasteiger partial charge in [0.05, 0.1) is 15.7 Å². The molecule has 0 aliphatic carbocycles. The maximum atomic E-state index is 10.6. The highest BCUT2D eigenvalue weighted by Gasteiger charge is 2.09.